The fraction of sp³-hybridized carbons (Fsp3) is 0.417. The van der Waals surface area contributed by atoms with Crippen LogP contribution in [-0.2, 0) is 0 Å². The molecule has 92 valence electrons. The van der Waals surface area contributed by atoms with Gasteiger partial charge in [-0.25, -0.2) is 4.98 Å². The van der Waals surface area contributed by atoms with Crippen LogP contribution in [0.25, 0.3) is 10.2 Å². The number of rotatable bonds is 4. The molecule has 0 aliphatic carbocycles. The summed E-state index contributed by atoms with van der Waals surface area (Å²) >= 11 is 5.17. The van der Waals surface area contributed by atoms with E-state index in [1.165, 1.54) is 4.70 Å². The Morgan fingerprint density at radius 2 is 2.24 bits per heavy atom. The molecule has 0 fully saturated rings. The van der Waals surface area contributed by atoms with Gasteiger partial charge in [-0.1, -0.05) is 27.3 Å². The average Bonchev–Trinajstić information content (AvgIpc) is 2.67. The molecule has 1 atom stereocenters. The maximum Gasteiger partial charge on any atom is 0.183 e. The van der Waals surface area contributed by atoms with Gasteiger partial charge in [0.05, 0.1) is 10.2 Å². The molecule has 1 unspecified atom stereocenters. The topological polar surface area (TPSA) is 28.2 Å². The Labute approximate surface area is 114 Å². The minimum absolute atomic E-state index is 0.494. The molecule has 0 saturated heterocycles. The highest BCUT2D eigenvalue weighted by molar-refractivity contribution is 9.10. The van der Waals surface area contributed by atoms with Crippen LogP contribution in [-0.4, -0.2) is 36.6 Å². The Bertz CT molecular complexity index is 509. The van der Waals surface area contributed by atoms with Gasteiger partial charge in [-0.2, -0.15) is 0 Å². The molecular weight excluding hydrogens is 298 g/mol. The smallest absolute Gasteiger partial charge is 0.183 e. The van der Waals surface area contributed by atoms with E-state index in [1.807, 2.05) is 12.1 Å². The molecule has 3 nitrogen and oxygen atoms in total. The van der Waals surface area contributed by atoms with E-state index in [4.69, 9.17) is 0 Å². The Balaban J connectivity index is 2.09. The van der Waals surface area contributed by atoms with Gasteiger partial charge >= 0.3 is 0 Å². The number of benzene rings is 1. The first-order chi connectivity index (χ1) is 8.06. The van der Waals surface area contributed by atoms with E-state index in [-0.39, 0.29) is 0 Å². The summed E-state index contributed by atoms with van der Waals surface area (Å²) < 4.78 is 2.31. The van der Waals surface area contributed by atoms with Crippen LogP contribution in [0.4, 0.5) is 5.13 Å². The first-order valence-corrected chi connectivity index (χ1v) is 7.13. The van der Waals surface area contributed by atoms with Crippen molar-refractivity contribution >= 4 is 42.6 Å². The van der Waals surface area contributed by atoms with Crippen molar-refractivity contribution in [2.75, 3.05) is 26.0 Å². The molecule has 1 aromatic carbocycles. The predicted molar refractivity (Wildman–Crippen MR) is 79.0 cm³/mol. The van der Waals surface area contributed by atoms with Gasteiger partial charge in [-0.15, -0.1) is 0 Å². The van der Waals surface area contributed by atoms with Crippen LogP contribution in [0, 0.1) is 0 Å². The van der Waals surface area contributed by atoms with Crippen molar-refractivity contribution < 1.29 is 0 Å². The van der Waals surface area contributed by atoms with E-state index in [0.717, 1.165) is 21.7 Å². The quantitative estimate of drug-likeness (QED) is 0.937. The maximum absolute atomic E-state index is 4.55. The minimum atomic E-state index is 0.494. The van der Waals surface area contributed by atoms with Crippen molar-refractivity contribution in [1.82, 2.24) is 9.88 Å². The largest absolute Gasteiger partial charge is 0.360 e. The Morgan fingerprint density at radius 3 is 2.94 bits per heavy atom. The van der Waals surface area contributed by atoms with Crippen LogP contribution in [0.5, 0.6) is 0 Å². The van der Waals surface area contributed by atoms with E-state index >= 15 is 0 Å². The fourth-order valence-electron chi connectivity index (χ4n) is 1.39. The van der Waals surface area contributed by atoms with Gasteiger partial charge in [0.25, 0.3) is 0 Å². The first kappa shape index (κ1) is 12.8. The lowest BCUT2D eigenvalue weighted by atomic mass is 10.3. The van der Waals surface area contributed by atoms with Gasteiger partial charge < -0.3 is 10.2 Å². The molecule has 0 aliphatic heterocycles. The monoisotopic (exact) mass is 313 g/mol. The van der Waals surface area contributed by atoms with Crippen molar-refractivity contribution in [3.05, 3.63) is 22.7 Å². The van der Waals surface area contributed by atoms with Crippen LogP contribution < -0.4 is 5.32 Å². The normalized spacial score (nSPS) is 13.2. The van der Waals surface area contributed by atoms with Crippen LogP contribution in [0.15, 0.2) is 22.7 Å². The standard InChI is InChI=1S/C12H16BrN3S/c1-8(16(2)3)7-14-12-15-10-5-4-9(13)6-11(10)17-12/h4-6,8H,7H2,1-3H3,(H,14,15). The number of thiazole rings is 1. The predicted octanol–water partition coefficient (Wildman–Crippen LogP) is 3.42. The summed E-state index contributed by atoms with van der Waals surface area (Å²) in [6.45, 7) is 3.10. The zero-order chi connectivity index (χ0) is 12.4. The van der Waals surface area contributed by atoms with E-state index < -0.39 is 0 Å². The Morgan fingerprint density at radius 1 is 1.47 bits per heavy atom. The van der Waals surface area contributed by atoms with Gasteiger partial charge in [0.1, 0.15) is 0 Å². The van der Waals surface area contributed by atoms with Crippen molar-refractivity contribution in [2.24, 2.45) is 0 Å². The van der Waals surface area contributed by atoms with Crippen LogP contribution in [0.3, 0.4) is 0 Å². The summed E-state index contributed by atoms with van der Waals surface area (Å²) in [4.78, 5) is 6.74. The Kier molecular flexibility index (Phi) is 4.01. The molecule has 0 amide bonds. The van der Waals surface area contributed by atoms with Crippen LogP contribution >= 0.6 is 27.3 Å². The molecule has 2 rings (SSSR count). The second-order valence-corrected chi connectivity index (χ2v) is 6.27. The summed E-state index contributed by atoms with van der Waals surface area (Å²) in [5.74, 6) is 0. The molecule has 0 aliphatic rings. The highest BCUT2D eigenvalue weighted by Gasteiger charge is 2.07. The molecule has 0 spiro atoms. The van der Waals surface area contributed by atoms with Crippen molar-refractivity contribution in [3.63, 3.8) is 0 Å². The van der Waals surface area contributed by atoms with Gasteiger partial charge in [0.2, 0.25) is 0 Å². The second kappa shape index (κ2) is 5.33. The molecule has 1 heterocycles. The van der Waals surface area contributed by atoms with Crippen molar-refractivity contribution in [3.8, 4) is 0 Å². The number of nitrogens with one attached hydrogen (secondary N) is 1. The van der Waals surface area contributed by atoms with Crippen molar-refractivity contribution in [1.29, 1.82) is 0 Å². The average molecular weight is 314 g/mol. The number of nitrogens with zero attached hydrogens (tertiary/aromatic N) is 2. The number of fused-ring (bicyclic) bond motifs is 1. The van der Waals surface area contributed by atoms with E-state index in [0.29, 0.717) is 6.04 Å². The van der Waals surface area contributed by atoms with Gasteiger partial charge in [-0.05, 0) is 39.2 Å². The van der Waals surface area contributed by atoms with Gasteiger partial charge in [-0.3, -0.25) is 0 Å². The lowest BCUT2D eigenvalue weighted by Gasteiger charge is -2.19. The molecule has 0 radical (unpaired) electrons. The van der Waals surface area contributed by atoms with Crippen molar-refractivity contribution in [2.45, 2.75) is 13.0 Å². The number of likely N-dealkylation sites (N-methyl/N-ethyl adjacent to an activating group) is 1. The second-order valence-electron chi connectivity index (χ2n) is 4.32. The lowest BCUT2D eigenvalue weighted by Crippen LogP contribution is -2.31. The third-order valence-corrected chi connectivity index (χ3v) is 4.25. The molecule has 17 heavy (non-hydrogen) atoms. The number of halogens is 1. The summed E-state index contributed by atoms with van der Waals surface area (Å²) in [6, 6.07) is 6.66. The summed E-state index contributed by atoms with van der Waals surface area (Å²) in [5, 5.41) is 4.38. The van der Waals surface area contributed by atoms with E-state index in [9.17, 15) is 0 Å². The zero-order valence-electron chi connectivity index (χ0n) is 10.2. The van der Waals surface area contributed by atoms with Crippen LogP contribution in [0.1, 0.15) is 6.92 Å². The number of hydrogen-bond donors (Lipinski definition) is 1. The highest BCUT2D eigenvalue weighted by Crippen LogP contribution is 2.28. The summed E-state index contributed by atoms with van der Waals surface area (Å²) in [7, 11) is 4.17. The number of hydrogen-bond acceptors (Lipinski definition) is 4. The molecule has 2 aromatic rings. The van der Waals surface area contributed by atoms with E-state index in [2.05, 4.69) is 58.2 Å². The van der Waals surface area contributed by atoms with Gasteiger partial charge in [0.15, 0.2) is 5.13 Å². The minimum Gasteiger partial charge on any atom is -0.360 e. The molecule has 1 N–H and O–H groups in total. The molecule has 0 bridgehead atoms. The SMILES string of the molecule is CC(CNc1nc2ccc(Br)cc2s1)N(C)C. The molecule has 1 aromatic heterocycles. The Hall–Kier alpha value is -0.650. The lowest BCUT2D eigenvalue weighted by molar-refractivity contribution is 0.326. The zero-order valence-corrected chi connectivity index (χ0v) is 12.6. The number of aromatic nitrogens is 1. The first-order valence-electron chi connectivity index (χ1n) is 5.52. The molecule has 0 saturated carbocycles. The molecular formula is C12H16BrN3S. The summed E-state index contributed by atoms with van der Waals surface area (Å²) in [6.07, 6.45) is 0. The van der Waals surface area contributed by atoms with Crippen LogP contribution in [0.2, 0.25) is 0 Å². The van der Waals surface area contributed by atoms with Gasteiger partial charge in [0, 0.05) is 17.1 Å². The van der Waals surface area contributed by atoms with E-state index in [1.54, 1.807) is 11.3 Å². The fourth-order valence-corrected chi connectivity index (χ4v) is 2.82. The third kappa shape index (κ3) is 3.18. The summed E-state index contributed by atoms with van der Waals surface area (Å²) in [5.41, 5.74) is 1.05. The highest BCUT2D eigenvalue weighted by atomic mass is 79.9. The molecule has 5 heteroatoms. The number of anilines is 1. The maximum atomic E-state index is 4.55. The third-order valence-electron chi connectivity index (χ3n) is 2.78.